The molecule has 0 aliphatic heterocycles. The van der Waals surface area contributed by atoms with Crippen molar-refractivity contribution in [3.63, 3.8) is 0 Å². The number of rotatable bonds is 7. The molecule has 0 saturated carbocycles. The van der Waals surface area contributed by atoms with Gasteiger partial charge in [-0.05, 0) is 36.8 Å². The predicted molar refractivity (Wildman–Crippen MR) is 107 cm³/mol. The quantitative estimate of drug-likeness (QED) is 0.495. The Labute approximate surface area is 157 Å². The summed E-state index contributed by atoms with van der Waals surface area (Å²) >= 11 is 0. The number of amides is 1. The van der Waals surface area contributed by atoms with E-state index < -0.39 is 0 Å². The molecule has 3 aromatic rings. The van der Waals surface area contributed by atoms with Crippen LogP contribution in [0.3, 0.4) is 0 Å². The van der Waals surface area contributed by atoms with Crippen LogP contribution in [0.5, 0.6) is 0 Å². The Bertz CT molecular complexity index is 947. The molecule has 140 valence electrons. The Kier molecular flexibility index (Phi) is 5.83. The fourth-order valence-corrected chi connectivity index (χ4v) is 2.85. The summed E-state index contributed by atoms with van der Waals surface area (Å²) in [6.07, 6.45) is 1.60. The van der Waals surface area contributed by atoms with Crippen LogP contribution < -0.4 is 10.3 Å². The van der Waals surface area contributed by atoms with Gasteiger partial charge in [0, 0.05) is 19.3 Å². The largest absolute Gasteiger partial charge is 0.395 e. The van der Waals surface area contributed by atoms with Crippen molar-refractivity contribution in [3.8, 4) is 0 Å². The fraction of sp³-hybridized carbons (Fsp3) is 0.250. The van der Waals surface area contributed by atoms with Crippen molar-refractivity contribution < 1.29 is 9.90 Å². The second kappa shape index (κ2) is 8.46. The van der Waals surface area contributed by atoms with E-state index >= 15 is 0 Å². The first-order chi connectivity index (χ1) is 13.1. The van der Waals surface area contributed by atoms with Gasteiger partial charge in [-0.1, -0.05) is 24.3 Å². The molecule has 27 heavy (non-hydrogen) atoms. The average Bonchev–Trinajstić information content (AvgIpc) is 2.98. The van der Waals surface area contributed by atoms with Gasteiger partial charge in [-0.15, -0.1) is 0 Å². The van der Waals surface area contributed by atoms with Crippen LogP contribution in [0, 0.1) is 6.92 Å². The van der Waals surface area contributed by atoms with Gasteiger partial charge in [0.25, 0.3) is 5.91 Å². The molecule has 0 aliphatic carbocycles. The van der Waals surface area contributed by atoms with Crippen molar-refractivity contribution in [1.82, 2.24) is 15.0 Å². The highest BCUT2D eigenvalue weighted by molar-refractivity contribution is 5.84. The van der Waals surface area contributed by atoms with Gasteiger partial charge >= 0.3 is 0 Å². The van der Waals surface area contributed by atoms with Crippen LogP contribution in [0.2, 0.25) is 0 Å². The van der Waals surface area contributed by atoms with Gasteiger partial charge in [0.05, 0.1) is 23.9 Å². The summed E-state index contributed by atoms with van der Waals surface area (Å²) in [7, 11) is 1.92. The van der Waals surface area contributed by atoms with Gasteiger partial charge in [0.1, 0.15) is 12.4 Å². The van der Waals surface area contributed by atoms with Crippen molar-refractivity contribution in [2.45, 2.75) is 13.5 Å². The number of anilines is 1. The summed E-state index contributed by atoms with van der Waals surface area (Å²) < 4.78 is 1.87. The molecule has 0 unspecified atom stereocenters. The number of carbonyl (C=O) groups excluding carboxylic acids is 1. The van der Waals surface area contributed by atoms with E-state index in [0.717, 1.165) is 28.1 Å². The standard InChI is InChI=1S/C20H23N5O2/c1-15-22-18-5-3-4-6-19(18)25(15)14-20(27)23-21-13-16-7-9-17(10-8-16)24(2)11-12-26/h3-10,13,26H,11-12,14H2,1-2H3,(H,23,27)/b21-13+. The van der Waals surface area contributed by atoms with Crippen LogP contribution >= 0.6 is 0 Å². The third kappa shape index (κ3) is 4.51. The minimum atomic E-state index is -0.211. The molecule has 0 radical (unpaired) electrons. The monoisotopic (exact) mass is 365 g/mol. The first kappa shape index (κ1) is 18.6. The van der Waals surface area contributed by atoms with Gasteiger partial charge in [-0.3, -0.25) is 4.79 Å². The lowest BCUT2D eigenvalue weighted by Crippen LogP contribution is -2.23. The maximum absolute atomic E-state index is 12.2. The van der Waals surface area contributed by atoms with Gasteiger partial charge in [0.15, 0.2) is 0 Å². The minimum Gasteiger partial charge on any atom is -0.395 e. The fourth-order valence-electron chi connectivity index (χ4n) is 2.85. The molecule has 3 rings (SSSR count). The van der Waals surface area contributed by atoms with E-state index in [1.54, 1.807) is 6.21 Å². The summed E-state index contributed by atoms with van der Waals surface area (Å²) in [6.45, 7) is 2.73. The summed E-state index contributed by atoms with van der Waals surface area (Å²) in [4.78, 5) is 18.6. The third-order valence-corrected chi connectivity index (χ3v) is 4.32. The second-order valence-corrected chi connectivity index (χ2v) is 6.26. The van der Waals surface area contributed by atoms with E-state index in [1.165, 1.54) is 0 Å². The number of hydrazone groups is 1. The van der Waals surface area contributed by atoms with E-state index in [2.05, 4.69) is 15.5 Å². The normalized spacial score (nSPS) is 11.2. The van der Waals surface area contributed by atoms with Crippen molar-refractivity contribution in [3.05, 3.63) is 59.9 Å². The van der Waals surface area contributed by atoms with E-state index in [1.807, 2.05) is 72.0 Å². The number of hydrogen-bond acceptors (Lipinski definition) is 5. The van der Waals surface area contributed by atoms with Crippen LogP contribution in [0.25, 0.3) is 11.0 Å². The zero-order chi connectivity index (χ0) is 19.2. The van der Waals surface area contributed by atoms with E-state index in [0.29, 0.717) is 6.54 Å². The third-order valence-electron chi connectivity index (χ3n) is 4.32. The molecule has 0 aliphatic rings. The number of likely N-dealkylation sites (N-methyl/N-ethyl adjacent to an activating group) is 1. The highest BCUT2D eigenvalue weighted by atomic mass is 16.3. The summed E-state index contributed by atoms with van der Waals surface area (Å²) in [6, 6.07) is 15.4. The smallest absolute Gasteiger partial charge is 0.260 e. The lowest BCUT2D eigenvalue weighted by atomic mass is 10.2. The highest BCUT2D eigenvalue weighted by Gasteiger charge is 2.10. The molecule has 1 aromatic heterocycles. The van der Waals surface area contributed by atoms with Crippen LogP contribution in [0.4, 0.5) is 5.69 Å². The number of para-hydroxylation sites is 2. The van der Waals surface area contributed by atoms with Crippen LogP contribution in [-0.4, -0.2) is 47.0 Å². The molecule has 0 fully saturated rings. The molecule has 1 amide bonds. The van der Waals surface area contributed by atoms with Crippen molar-refractivity contribution in [1.29, 1.82) is 0 Å². The van der Waals surface area contributed by atoms with E-state index in [9.17, 15) is 4.79 Å². The molecular formula is C20H23N5O2. The van der Waals surface area contributed by atoms with Gasteiger partial charge in [-0.2, -0.15) is 5.10 Å². The number of aliphatic hydroxyl groups excluding tert-OH is 1. The summed E-state index contributed by atoms with van der Waals surface area (Å²) in [5.41, 5.74) is 6.24. The molecule has 0 saturated heterocycles. The molecule has 2 N–H and O–H groups in total. The minimum absolute atomic E-state index is 0.109. The molecule has 1 heterocycles. The number of carbonyl (C=O) groups is 1. The van der Waals surface area contributed by atoms with Crippen LogP contribution in [0.15, 0.2) is 53.6 Å². The van der Waals surface area contributed by atoms with Crippen molar-refractivity contribution in [2.75, 3.05) is 25.1 Å². The van der Waals surface area contributed by atoms with Crippen molar-refractivity contribution in [2.24, 2.45) is 5.10 Å². The molecule has 0 bridgehead atoms. The molecule has 0 spiro atoms. The van der Waals surface area contributed by atoms with E-state index in [-0.39, 0.29) is 19.1 Å². The van der Waals surface area contributed by atoms with E-state index in [4.69, 9.17) is 5.11 Å². The predicted octanol–water partition coefficient (Wildman–Crippen LogP) is 1.92. The molecular weight excluding hydrogens is 342 g/mol. The highest BCUT2D eigenvalue weighted by Crippen LogP contribution is 2.15. The molecule has 0 atom stereocenters. The summed E-state index contributed by atoms with van der Waals surface area (Å²) in [5, 5.41) is 13.0. The zero-order valence-corrected chi connectivity index (χ0v) is 15.5. The number of aryl methyl sites for hydroxylation is 1. The van der Waals surface area contributed by atoms with Crippen LogP contribution in [0.1, 0.15) is 11.4 Å². The number of aromatic nitrogens is 2. The Balaban J connectivity index is 1.59. The number of nitrogens with one attached hydrogen (secondary N) is 1. The number of aliphatic hydroxyl groups is 1. The number of nitrogens with zero attached hydrogens (tertiary/aromatic N) is 4. The number of benzene rings is 2. The van der Waals surface area contributed by atoms with Crippen molar-refractivity contribution >= 4 is 28.8 Å². The lowest BCUT2D eigenvalue weighted by molar-refractivity contribution is -0.121. The maximum atomic E-state index is 12.2. The SMILES string of the molecule is Cc1nc2ccccc2n1CC(=O)N/N=C/c1ccc(N(C)CCO)cc1. The van der Waals surface area contributed by atoms with Gasteiger partial charge < -0.3 is 14.6 Å². The average molecular weight is 365 g/mol. The van der Waals surface area contributed by atoms with Crippen LogP contribution in [-0.2, 0) is 11.3 Å². The first-order valence-corrected chi connectivity index (χ1v) is 8.74. The Morgan fingerprint density at radius 1 is 1.26 bits per heavy atom. The molecule has 7 nitrogen and oxygen atoms in total. The summed E-state index contributed by atoms with van der Waals surface area (Å²) in [5.74, 6) is 0.578. The number of imidazole rings is 1. The number of fused-ring (bicyclic) bond motifs is 1. The first-order valence-electron chi connectivity index (χ1n) is 8.74. The Morgan fingerprint density at radius 3 is 2.74 bits per heavy atom. The Hall–Kier alpha value is -3.19. The topological polar surface area (TPSA) is 82.8 Å². The Morgan fingerprint density at radius 2 is 2.00 bits per heavy atom. The lowest BCUT2D eigenvalue weighted by Gasteiger charge is -2.17. The molecule has 7 heteroatoms. The van der Waals surface area contributed by atoms with Gasteiger partial charge in [-0.25, -0.2) is 10.4 Å². The van der Waals surface area contributed by atoms with Gasteiger partial charge in [0.2, 0.25) is 0 Å². The second-order valence-electron chi connectivity index (χ2n) is 6.26. The number of hydrogen-bond donors (Lipinski definition) is 2. The zero-order valence-electron chi connectivity index (χ0n) is 15.5. The molecule has 2 aromatic carbocycles. The maximum Gasteiger partial charge on any atom is 0.260 e.